The smallest absolute Gasteiger partial charge is 0.303 e. The lowest BCUT2D eigenvalue weighted by Crippen LogP contribution is -2.45. The molecule has 128 valence electrons. The predicted molar refractivity (Wildman–Crippen MR) is 77.2 cm³/mol. The Labute approximate surface area is 129 Å². The topological polar surface area (TPSA) is 74.7 Å². The van der Waals surface area contributed by atoms with Gasteiger partial charge < -0.3 is 5.11 Å². The molecule has 2 unspecified atom stereocenters. The number of halogens is 2. The third-order valence-electron chi connectivity index (χ3n) is 4.66. The predicted octanol–water partition coefficient (Wildman–Crippen LogP) is 2.33. The highest BCUT2D eigenvalue weighted by atomic mass is 32.2. The molecule has 1 aliphatic carbocycles. The van der Waals surface area contributed by atoms with Crippen LogP contribution < -0.4 is 0 Å². The summed E-state index contributed by atoms with van der Waals surface area (Å²) in [5.74, 6) is -5.75. The number of carbonyl (C=O) groups is 1. The van der Waals surface area contributed by atoms with Crippen molar-refractivity contribution >= 4 is 16.0 Å². The summed E-state index contributed by atoms with van der Waals surface area (Å²) in [6.07, 6.45) is 2.24. The molecule has 5 nitrogen and oxygen atoms in total. The molecule has 1 saturated carbocycles. The summed E-state index contributed by atoms with van der Waals surface area (Å²) in [4.78, 5) is 10.8. The van der Waals surface area contributed by atoms with Gasteiger partial charge in [-0.3, -0.25) is 4.79 Å². The summed E-state index contributed by atoms with van der Waals surface area (Å²) >= 11 is 0. The van der Waals surface area contributed by atoms with Crippen LogP contribution in [0.2, 0.25) is 0 Å². The van der Waals surface area contributed by atoms with Crippen LogP contribution in [0.25, 0.3) is 0 Å². The molecule has 0 bridgehead atoms. The number of aliphatic carboxylic acids is 1. The number of carboxylic acids is 1. The lowest BCUT2D eigenvalue weighted by atomic mass is 9.87. The molecule has 2 atom stereocenters. The molecule has 0 aromatic rings. The van der Waals surface area contributed by atoms with Crippen molar-refractivity contribution in [3.63, 3.8) is 0 Å². The Morgan fingerprint density at radius 2 is 1.95 bits per heavy atom. The maximum atomic E-state index is 13.9. The van der Waals surface area contributed by atoms with Gasteiger partial charge in [-0.15, -0.1) is 0 Å². The number of hydrogen-bond acceptors (Lipinski definition) is 3. The lowest BCUT2D eigenvalue weighted by molar-refractivity contribution is -0.138. The van der Waals surface area contributed by atoms with E-state index in [0.717, 1.165) is 0 Å². The van der Waals surface area contributed by atoms with Gasteiger partial charge in [0, 0.05) is 31.8 Å². The van der Waals surface area contributed by atoms with Crippen LogP contribution in [0.1, 0.15) is 44.9 Å². The molecule has 0 aromatic heterocycles. The fourth-order valence-electron chi connectivity index (χ4n) is 3.42. The van der Waals surface area contributed by atoms with E-state index in [1.54, 1.807) is 0 Å². The molecule has 22 heavy (non-hydrogen) atoms. The Balaban J connectivity index is 2.01. The van der Waals surface area contributed by atoms with E-state index >= 15 is 0 Å². The number of rotatable bonds is 5. The van der Waals surface area contributed by atoms with E-state index in [-0.39, 0.29) is 31.7 Å². The molecule has 2 fully saturated rings. The van der Waals surface area contributed by atoms with Crippen molar-refractivity contribution in [1.82, 2.24) is 4.31 Å². The van der Waals surface area contributed by atoms with E-state index < -0.39 is 33.6 Å². The highest BCUT2D eigenvalue weighted by Crippen LogP contribution is 2.39. The van der Waals surface area contributed by atoms with Crippen LogP contribution in [0.15, 0.2) is 0 Å². The third-order valence-corrected chi connectivity index (χ3v) is 6.60. The number of carboxylic acid groups (broad SMARTS) is 1. The molecule has 0 radical (unpaired) electrons. The zero-order valence-corrected chi connectivity index (χ0v) is 13.3. The van der Waals surface area contributed by atoms with Crippen LogP contribution in [0.5, 0.6) is 0 Å². The average molecular weight is 339 g/mol. The van der Waals surface area contributed by atoms with Crippen molar-refractivity contribution in [2.45, 2.75) is 50.9 Å². The highest BCUT2D eigenvalue weighted by Gasteiger charge is 2.44. The van der Waals surface area contributed by atoms with Gasteiger partial charge in [-0.25, -0.2) is 21.5 Å². The summed E-state index contributed by atoms with van der Waals surface area (Å²) in [5, 5.41) is 8.82. The summed E-state index contributed by atoms with van der Waals surface area (Å²) in [6, 6.07) is 0. The summed E-state index contributed by atoms with van der Waals surface area (Å²) < 4.78 is 53.8. The van der Waals surface area contributed by atoms with Gasteiger partial charge in [0.1, 0.15) is 0 Å². The normalized spacial score (nSPS) is 30.1. The molecule has 1 N–H and O–H groups in total. The molecular weight excluding hydrogens is 316 g/mol. The molecule has 2 aliphatic rings. The molecule has 8 heteroatoms. The molecule has 0 aromatic carbocycles. The number of hydrogen-bond donors (Lipinski definition) is 1. The van der Waals surface area contributed by atoms with Gasteiger partial charge >= 0.3 is 5.97 Å². The Morgan fingerprint density at radius 3 is 2.59 bits per heavy atom. The van der Waals surface area contributed by atoms with Crippen LogP contribution >= 0.6 is 0 Å². The number of alkyl halides is 2. The van der Waals surface area contributed by atoms with Crippen molar-refractivity contribution in [1.29, 1.82) is 0 Å². The van der Waals surface area contributed by atoms with Crippen LogP contribution in [0.4, 0.5) is 8.78 Å². The molecule has 0 spiro atoms. The zero-order chi connectivity index (χ0) is 16.4. The van der Waals surface area contributed by atoms with Gasteiger partial charge in [0.15, 0.2) is 0 Å². The van der Waals surface area contributed by atoms with Crippen molar-refractivity contribution in [2.75, 3.05) is 18.8 Å². The second-order valence-corrected chi connectivity index (χ2v) is 8.46. The molecule has 1 saturated heterocycles. The highest BCUT2D eigenvalue weighted by molar-refractivity contribution is 7.89. The lowest BCUT2D eigenvalue weighted by Gasteiger charge is -2.35. The van der Waals surface area contributed by atoms with Gasteiger partial charge in [-0.1, -0.05) is 6.42 Å². The van der Waals surface area contributed by atoms with E-state index in [9.17, 15) is 22.0 Å². The Bertz CT molecular complexity index is 509. The van der Waals surface area contributed by atoms with E-state index in [2.05, 4.69) is 0 Å². The summed E-state index contributed by atoms with van der Waals surface area (Å²) in [6.45, 7) is 0.434. The molecule has 1 heterocycles. The Hall–Kier alpha value is -0.760. The largest absolute Gasteiger partial charge is 0.481 e. The number of piperidine rings is 1. The fraction of sp³-hybridized carbons (Fsp3) is 0.929. The second-order valence-electron chi connectivity index (χ2n) is 6.45. The van der Waals surface area contributed by atoms with E-state index in [1.807, 2.05) is 0 Å². The van der Waals surface area contributed by atoms with E-state index in [0.29, 0.717) is 32.2 Å². The van der Waals surface area contributed by atoms with Gasteiger partial charge in [-0.05, 0) is 31.6 Å². The van der Waals surface area contributed by atoms with Gasteiger partial charge in [0.2, 0.25) is 10.0 Å². The summed E-state index contributed by atoms with van der Waals surface area (Å²) in [5.41, 5.74) is 0. The first-order chi connectivity index (χ1) is 10.2. The van der Waals surface area contributed by atoms with Crippen LogP contribution in [0.3, 0.4) is 0 Å². The monoisotopic (exact) mass is 339 g/mol. The minimum atomic E-state index is -3.76. The minimum absolute atomic E-state index is 0.0778. The van der Waals surface area contributed by atoms with Crippen molar-refractivity contribution in [3.05, 3.63) is 0 Å². The zero-order valence-electron chi connectivity index (χ0n) is 12.5. The van der Waals surface area contributed by atoms with Gasteiger partial charge in [0.25, 0.3) is 5.92 Å². The van der Waals surface area contributed by atoms with E-state index in [4.69, 9.17) is 5.11 Å². The van der Waals surface area contributed by atoms with Gasteiger partial charge in [0.05, 0.1) is 5.75 Å². The fourth-order valence-corrected chi connectivity index (χ4v) is 5.40. The maximum absolute atomic E-state index is 13.9. The van der Waals surface area contributed by atoms with Crippen molar-refractivity contribution < 1.29 is 27.1 Å². The first-order valence-corrected chi connectivity index (χ1v) is 9.39. The van der Waals surface area contributed by atoms with Gasteiger partial charge in [-0.2, -0.15) is 0 Å². The number of nitrogens with zero attached hydrogens (tertiary/aromatic N) is 1. The third kappa shape index (κ3) is 4.38. The number of sulfonamides is 1. The van der Waals surface area contributed by atoms with E-state index in [1.165, 1.54) is 4.31 Å². The molecular formula is C14H23F2NO4S. The summed E-state index contributed by atoms with van der Waals surface area (Å²) in [7, 11) is -3.76. The minimum Gasteiger partial charge on any atom is -0.481 e. The average Bonchev–Trinajstić information content (AvgIpc) is 2.40. The first kappa shape index (κ1) is 17.6. The maximum Gasteiger partial charge on any atom is 0.303 e. The molecule has 0 amide bonds. The van der Waals surface area contributed by atoms with Crippen molar-refractivity contribution in [2.24, 2.45) is 11.8 Å². The Morgan fingerprint density at radius 1 is 1.23 bits per heavy atom. The van der Waals surface area contributed by atoms with Crippen LogP contribution in [-0.2, 0) is 14.8 Å². The standard InChI is InChI=1S/C14H23F2NO4S/c15-14(16)6-2-1-5-12(14)10-22(20,21)17-7-3-4-11(9-17)8-13(18)19/h11-12H,1-10H2,(H,18,19). The van der Waals surface area contributed by atoms with Crippen LogP contribution in [-0.4, -0.2) is 48.6 Å². The second kappa shape index (κ2) is 6.78. The quantitative estimate of drug-likeness (QED) is 0.834. The first-order valence-electron chi connectivity index (χ1n) is 7.78. The molecule has 2 rings (SSSR count). The molecule has 1 aliphatic heterocycles. The SMILES string of the molecule is O=C(O)CC1CCCN(S(=O)(=O)CC2CCCCC2(F)F)C1. The van der Waals surface area contributed by atoms with Crippen LogP contribution in [0, 0.1) is 11.8 Å². The van der Waals surface area contributed by atoms with Crippen molar-refractivity contribution in [3.8, 4) is 0 Å². The Kier molecular flexibility index (Phi) is 5.42.